The van der Waals surface area contributed by atoms with Gasteiger partial charge >= 0.3 is 0 Å². The Balaban J connectivity index is 1.41. The average molecular weight is 426 g/mol. The summed E-state index contributed by atoms with van der Waals surface area (Å²) in [6, 6.07) is 0. The van der Waals surface area contributed by atoms with E-state index in [0.717, 1.165) is 37.1 Å². The molecule has 0 aromatic carbocycles. The average Bonchev–Trinajstić information content (AvgIpc) is 3.46. The third kappa shape index (κ3) is 4.97. The van der Waals surface area contributed by atoms with Crippen molar-refractivity contribution in [2.45, 2.75) is 51.7 Å². The summed E-state index contributed by atoms with van der Waals surface area (Å²) in [5.74, 6) is 0.545. The summed E-state index contributed by atoms with van der Waals surface area (Å²) in [6.07, 6.45) is 11.0. The largest absolute Gasteiger partial charge is 0.369 e. The number of halogens is 2. The van der Waals surface area contributed by atoms with Crippen LogP contribution in [0.4, 0.5) is 8.78 Å². The maximum Gasteiger partial charge on any atom is 0.158 e. The van der Waals surface area contributed by atoms with Crippen LogP contribution in [0, 0.1) is 11.3 Å². The molecule has 164 valence electrons. The van der Waals surface area contributed by atoms with Crippen molar-refractivity contribution in [3.63, 3.8) is 0 Å². The van der Waals surface area contributed by atoms with Gasteiger partial charge in [-0.3, -0.25) is 9.98 Å². The van der Waals surface area contributed by atoms with Gasteiger partial charge in [-0.2, -0.15) is 0 Å². The van der Waals surface area contributed by atoms with Crippen LogP contribution in [0.25, 0.3) is 0 Å². The Hall–Kier alpha value is -2.70. The maximum absolute atomic E-state index is 14.6. The second kappa shape index (κ2) is 8.81. The van der Waals surface area contributed by atoms with Crippen molar-refractivity contribution in [2.75, 3.05) is 13.1 Å². The molecule has 1 saturated carbocycles. The highest BCUT2D eigenvalue weighted by Gasteiger charge is 2.44. The predicted octanol–water partition coefficient (Wildman–Crippen LogP) is 4.95. The van der Waals surface area contributed by atoms with Crippen molar-refractivity contribution in [1.82, 2.24) is 14.9 Å². The number of alkyl halides is 1. The Bertz CT molecular complexity index is 945. The van der Waals surface area contributed by atoms with Gasteiger partial charge in [0.05, 0.1) is 12.2 Å². The third-order valence-electron chi connectivity index (χ3n) is 6.31. The molecule has 1 aromatic rings. The summed E-state index contributed by atoms with van der Waals surface area (Å²) in [6.45, 7) is 9.63. The molecule has 5 nitrogen and oxygen atoms in total. The molecule has 4 rings (SSSR count). The lowest BCUT2D eigenvalue weighted by Crippen LogP contribution is -2.26. The lowest BCUT2D eigenvalue weighted by molar-refractivity contribution is 0.282. The van der Waals surface area contributed by atoms with Crippen molar-refractivity contribution in [2.24, 2.45) is 21.3 Å². The Morgan fingerprint density at radius 3 is 2.74 bits per heavy atom. The number of rotatable bonds is 7. The van der Waals surface area contributed by atoms with Crippen molar-refractivity contribution in [1.29, 1.82) is 0 Å². The summed E-state index contributed by atoms with van der Waals surface area (Å²) < 4.78 is 29.1. The molecular weight excluding hydrogens is 396 g/mol. The van der Waals surface area contributed by atoms with Gasteiger partial charge in [-0.15, -0.1) is 0 Å². The van der Waals surface area contributed by atoms with Gasteiger partial charge in [0.15, 0.2) is 12.0 Å². The Morgan fingerprint density at radius 2 is 2.06 bits per heavy atom. The van der Waals surface area contributed by atoms with E-state index in [4.69, 9.17) is 0 Å². The van der Waals surface area contributed by atoms with Gasteiger partial charge < -0.3 is 4.90 Å². The van der Waals surface area contributed by atoms with Crippen LogP contribution in [0.15, 0.2) is 57.8 Å². The highest BCUT2D eigenvalue weighted by molar-refractivity contribution is 5.70. The first-order valence-corrected chi connectivity index (χ1v) is 10.8. The number of hydrogen-bond donors (Lipinski definition) is 0. The molecule has 0 bridgehead atoms. The zero-order valence-electron chi connectivity index (χ0n) is 18.1. The van der Waals surface area contributed by atoms with Crippen LogP contribution < -0.4 is 0 Å². The minimum absolute atomic E-state index is 0.134. The molecule has 0 N–H and O–H groups in total. The van der Waals surface area contributed by atoms with E-state index in [2.05, 4.69) is 40.5 Å². The second-order valence-electron chi connectivity index (χ2n) is 9.36. The van der Waals surface area contributed by atoms with E-state index in [1.165, 1.54) is 0 Å². The van der Waals surface area contributed by atoms with Crippen LogP contribution in [0.1, 0.15) is 50.4 Å². The summed E-state index contributed by atoms with van der Waals surface area (Å²) in [5.41, 5.74) is 2.64. The number of allylic oxidation sites excluding steroid dienone is 4. The van der Waals surface area contributed by atoms with Crippen LogP contribution in [0.5, 0.6) is 0 Å². The fourth-order valence-electron chi connectivity index (χ4n) is 4.48. The lowest BCUT2D eigenvalue weighted by atomic mass is 9.92. The highest BCUT2D eigenvalue weighted by Crippen LogP contribution is 2.54. The standard InChI is InChI=1S/C24H29F2N5/c1-24(2)5-8-31(15-24)21-10-16(9-20(25)23(21)26)18-11-19(18)17-12-29-22(30-13-17)14-28-7-4-6-27-3/h4,6-7,10,12-13,18-20H,3,5,8-9,11,14-15H2,1-2H3/b6-4-,28-7?. The van der Waals surface area contributed by atoms with E-state index in [0.29, 0.717) is 18.1 Å². The Labute approximate surface area is 182 Å². The van der Waals surface area contributed by atoms with Crippen LogP contribution in [0.2, 0.25) is 0 Å². The van der Waals surface area contributed by atoms with Gasteiger partial charge in [0, 0.05) is 44.3 Å². The van der Waals surface area contributed by atoms with E-state index in [1.807, 2.05) is 23.4 Å². The maximum atomic E-state index is 14.6. The van der Waals surface area contributed by atoms with E-state index in [9.17, 15) is 8.78 Å². The molecule has 7 heteroatoms. The molecule has 31 heavy (non-hydrogen) atoms. The van der Waals surface area contributed by atoms with Crippen molar-refractivity contribution < 1.29 is 8.78 Å². The first-order chi connectivity index (χ1) is 14.9. The third-order valence-corrected chi connectivity index (χ3v) is 6.31. The van der Waals surface area contributed by atoms with Crippen molar-refractivity contribution >= 4 is 12.9 Å². The minimum Gasteiger partial charge on any atom is -0.369 e. The number of nitrogens with zero attached hydrogens (tertiary/aromatic N) is 5. The Morgan fingerprint density at radius 1 is 1.29 bits per heavy atom. The predicted molar refractivity (Wildman–Crippen MR) is 119 cm³/mol. The van der Waals surface area contributed by atoms with Gasteiger partial charge in [-0.05, 0) is 54.5 Å². The van der Waals surface area contributed by atoms with Gasteiger partial charge in [0.1, 0.15) is 5.82 Å². The fraction of sp³-hybridized carbons (Fsp3) is 0.500. The van der Waals surface area contributed by atoms with E-state index < -0.39 is 12.0 Å². The van der Waals surface area contributed by atoms with E-state index in [-0.39, 0.29) is 23.7 Å². The molecule has 2 heterocycles. The summed E-state index contributed by atoms with van der Waals surface area (Å²) >= 11 is 0. The number of aromatic nitrogens is 2. The molecule has 0 amide bonds. The summed E-state index contributed by atoms with van der Waals surface area (Å²) in [5, 5.41) is 0. The van der Waals surface area contributed by atoms with Gasteiger partial charge in [0.2, 0.25) is 0 Å². The molecule has 0 spiro atoms. The molecule has 2 fully saturated rings. The second-order valence-corrected chi connectivity index (χ2v) is 9.36. The van der Waals surface area contributed by atoms with Gasteiger partial charge in [-0.1, -0.05) is 19.4 Å². The fourth-order valence-corrected chi connectivity index (χ4v) is 4.48. The molecule has 3 atom stereocenters. The van der Waals surface area contributed by atoms with E-state index >= 15 is 0 Å². The monoisotopic (exact) mass is 425 g/mol. The molecule has 0 radical (unpaired) electrons. The minimum atomic E-state index is -1.54. The lowest BCUT2D eigenvalue weighted by Gasteiger charge is -2.28. The van der Waals surface area contributed by atoms with Crippen molar-refractivity contribution in [3.8, 4) is 0 Å². The molecule has 3 unspecified atom stereocenters. The van der Waals surface area contributed by atoms with Crippen LogP contribution in [-0.4, -0.2) is 47.1 Å². The summed E-state index contributed by atoms with van der Waals surface area (Å²) in [7, 11) is 0. The normalized spacial score (nSPS) is 27.9. The van der Waals surface area contributed by atoms with Crippen LogP contribution >= 0.6 is 0 Å². The highest BCUT2D eigenvalue weighted by atomic mass is 19.2. The number of aliphatic imine (C=N–C) groups is 2. The zero-order chi connectivity index (χ0) is 22.0. The van der Waals surface area contributed by atoms with Crippen LogP contribution in [-0.2, 0) is 6.54 Å². The van der Waals surface area contributed by atoms with E-state index in [1.54, 1.807) is 18.5 Å². The molecule has 3 aliphatic rings. The molecule has 1 aliphatic heterocycles. The molecule has 2 aliphatic carbocycles. The quantitative estimate of drug-likeness (QED) is 0.581. The first-order valence-electron chi connectivity index (χ1n) is 10.8. The van der Waals surface area contributed by atoms with Gasteiger partial charge in [0.25, 0.3) is 0 Å². The smallest absolute Gasteiger partial charge is 0.158 e. The molecule has 1 saturated heterocycles. The number of hydrogen-bond acceptors (Lipinski definition) is 5. The first kappa shape index (κ1) is 21.5. The number of likely N-dealkylation sites (tertiary alicyclic amines) is 1. The van der Waals surface area contributed by atoms with Gasteiger partial charge in [-0.25, -0.2) is 18.7 Å². The molecular formula is C24H29F2N5. The topological polar surface area (TPSA) is 53.7 Å². The Kier molecular flexibility index (Phi) is 6.12. The molecule has 1 aromatic heterocycles. The van der Waals surface area contributed by atoms with Crippen molar-refractivity contribution in [3.05, 3.63) is 59.2 Å². The van der Waals surface area contributed by atoms with Crippen LogP contribution in [0.3, 0.4) is 0 Å². The summed E-state index contributed by atoms with van der Waals surface area (Å²) in [4.78, 5) is 18.6. The zero-order valence-corrected chi connectivity index (χ0v) is 18.1. The SMILES string of the molecule is C=N/C=C\C=NCc1ncc(C2CC2C2=CC(N3CCC(C)(C)C3)=C(F)C(F)C2)cn1.